The zero-order valence-electron chi connectivity index (χ0n) is 9.01. The van der Waals surface area contributed by atoms with Crippen molar-refractivity contribution in [3.63, 3.8) is 0 Å². The first-order valence-corrected chi connectivity index (χ1v) is 5.86. The maximum absolute atomic E-state index is 13.5. The van der Waals surface area contributed by atoms with Gasteiger partial charge >= 0.3 is 0 Å². The fourth-order valence-corrected chi connectivity index (χ4v) is 2.52. The first kappa shape index (κ1) is 10.4. The van der Waals surface area contributed by atoms with Gasteiger partial charge in [0.15, 0.2) is 0 Å². The summed E-state index contributed by atoms with van der Waals surface area (Å²) in [7, 11) is 0. The second-order valence-corrected chi connectivity index (χ2v) is 4.78. The molecule has 2 nitrogen and oxygen atoms in total. The molecule has 2 saturated heterocycles. The minimum absolute atomic E-state index is 0.266. The van der Waals surface area contributed by atoms with Crippen LogP contribution in [0.3, 0.4) is 0 Å². The van der Waals surface area contributed by atoms with Crippen LogP contribution in [0.5, 0.6) is 0 Å². The third-order valence-electron chi connectivity index (χ3n) is 3.69. The van der Waals surface area contributed by atoms with E-state index in [1.54, 1.807) is 0 Å². The zero-order valence-corrected chi connectivity index (χ0v) is 9.01. The Hall–Kier alpha value is -0.150. The molecule has 2 aliphatic rings. The van der Waals surface area contributed by atoms with Crippen LogP contribution in [0.1, 0.15) is 26.2 Å². The molecule has 0 aromatic carbocycles. The number of nitrogens with one attached hydrogen (secondary N) is 1. The van der Waals surface area contributed by atoms with Crippen LogP contribution in [-0.2, 0) is 0 Å². The van der Waals surface area contributed by atoms with Gasteiger partial charge in [0.2, 0.25) is 0 Å². The Kier molecular flexibility index (Phi) is 3.39. The van der Waals surface area contributed by atoms with Crippen molar-refractivity contribution in [2.75, 3.05) is 26.2 Å². The molecule has 3 heteroatoms. The fourth-order valence-electron chi connectivity index (χ4n) is 2.52. The molecule has 0 aromatic heterocycles. The molecule has 82 valence electrons. The highest BCUT2D eigenvalue weighted by molar-refractivity contribution is 4.85. The van der Waals surface area contributed by atoms with Crippen molar-refractivity contribution in [3.05, 3.63) is 0 Å². The smallest absolute Gasteiger partial charge is 0.115 e. The van der Waals surface area contributed by atoms with Crippen molar-refractivity contribution in [2.24, 2.45) is 5.92 Å². The van der Waals surface area contributed by atoms with E-state index in [0.717, 1.165) is 26.1 Å². The number of piperidine rings is 2. The van der Waals surface area contributed by atoms with E-state index in [0.29, 0.717) is 12.6 Å². The lowest BCUT2D eigenvalue weighted by Crippen LogP contribution is -2.51. The van der Waals surface area contributed by atoms with Crippen molar-refractivity contribution >= 4 is 0 Å². The van der Waals surface area contributed by atoms with Gasteiger partial charge in [-0.25, -0.2) is 4.39 Å². The van der Waals surface area contributed by atoms with E-state index >= 15 is 0 Å². The van der Waals surface area contributed by atoms with Crippen molar-refractivity contribution < 1.29 is 4.39 Å². The van der Waals surface area contributed by atoms with E-state index in [4.69, 9.17) is 0 Å². The first-order valence-electron chi connectivity index (χ1n) is 5.86. The lowest BCUT2D eigenvalue weighted by atomic mass is 9.94. The second-order valence-electron chi connectivity index (χ2n) is 4.78. The summed E-state index contributed by atoms with van der Waals surface area (Å²) < 4.78 is 13.5. The molecular weight excluding hydrogens is 179 g/mol. The average Bonchev–Trinajstić information content (AvgIpc) is 2.23. The standard InChI is InChI=1S/C11H21FN2/c1-9-4-6-14(8-11(9)12)10-3-2-5-13-7-10/h9-11,13H,2-8H2,1H3. The molecule has 14 heavy (non-hydrogen) atoms. The van der Waals surface area contributed by atoms with Crippen LogP contribution < -0.4 is 5.32 Å². The Bertz CT molecular complexity index is 180. The minimum atomic E-state index is -0.606. The van der Waals surface area contributed by atoms with E-state index < -0.39 is 6.17 Å². The Labute approximate surface area is 85.9 Å². The Morgan fingerprint density at radius 2 is 2.21 bits per heavy atom. The molecule has 0 aliphatic carbocycles. The van der Waals surface area contributed by atoms with Crippen LogP contribution in [-0.4, -0.2) is 43.3 Å². The maximum atomic E-state index is 13.5. The number of alkyl halides is 1. The summed E-state index contributed by atoms with van der Waals surface area (Å²) in [4.78, 5) is 2.34. The molecule has 2 fully saturated rings. The van der Waals surface area contributed by atoms with E-state index in [1.165, 1.54) is 12.8 Å². The van der Waals surface area contributed by atoms with Gasteiger partial charge in [0, 0.05) is 19.1 Å². The fraction of sp³-hybridized carbons (Fsp3) is 1.00. The maximum Gasteiger partial charge on any atom is 0.115 e. The van der Waals surface area contributed by atoms with E-state index in [9.17, 15) is 4.39 Å². The summed E-state index contributed by atoms with van der Waals surface area (Å²) in [5, 5.41) is 3.39. The van der Waals surface area contributed by atoms with Crippen LogP contribution >= 0.6 is 0 Å². The minimum Gasteiger partial charge on any atom is -0.315 e. The molecule has 0 spiro atoms. The van der Waals surface area contributed by atoms with Gasteiger partial charge in [0.25, 0.3) is 0 Å². The van der Waals surface area contributed by atoms with Gasteiger partial charge in [0.1, 0.15) is 6.17 Å². The van der Waals surface area contributed by atoms with Gasteiger partial charge in [0.05, 0.1) is 0 Å². The highest BCUT2D eigenvalue weighted by Crippen LogP contribution is 2.23. The predicted octanol–water partition coefficient (Wildman–Crippen LogP) is 1.42. The van der Waals surface area contributed by atoms with Gasteiger partial charge in [-0.1, -0.05) is 6.92 Å². The van der Waals surface area contributed by atoms with Crippen molar-refractivity contribution in [2.45, 2.75) is 38.4 Å². The molecule has 0 amide bonds. The summed E-state index contributed by atoms with van der Waals surface area (Å²) >= 11 is 0. The molecule has 2 rings (SSSR count). The number of hydrogen-bond acceptors (Lipinski definition) is 2. The van der Waals surface area contributed by atoms with E-state index in [2.05, 4.69) is 10.2 Å². The van der Waals surface area contributed by atoms with Gasteiger partial charge in [-0.05, 0) is 38.3 Å². The van der Waals surface area contributed by atoms with E-state index in [1.807, 2.05) is 6.92 Å². The van der Waals surface area contributed by atoms with Crippen LogP contribution in [0, 0.1) is 5.92 Å². The Morgan fingerprint density at radius 1 is 1.36 bits per heavy atom. The largest absolute Gasteiger partial charge is 0.315 e. The number of halogens is 1. The molecule has 0 aromatic rings. The highest BCUT2D eigenvalue weighted by Gasteiger charge is 2.30. The summed E-state index contributed by atoms with van der Waals surface area (Å²) in [6, 6.07) is 0.592. The summed E-state index contributed by atoms with van der Waals surface area (Å²) in [6.45, 7) is 5.98. The van der Waals surface area contributed by atoms with E-state index in [-0.39, 0.29) is 5.92 Å². The SMILES string of the molecule is CC1CCN(C2CCCNC2)CC1F. The Morgan fingerprint density at radius 3 is 2.86 bits per heavy atom. The lowest BCUT2D eigenvalue weighted by Gasteiger charge is -2.40. The monoisotopic (exact) mass is 200 g/mol. The van der Waals surface area contributed by atoms with Crippen LogP contribution in [0.15, 0.2) is 0 Å². The number of nitrogens with zero attached hydrogens (tertiary/aromatic N) is 1. The molecule has 1 N–H and O–H groups in total. The summed E-state index contributed by atoms with van der Waals surface area (Å²) in [5.74, 6) is 0.266. The topological polar surface area (TPSA) is 15.3 Å². The third-order valence-corrected chi connectivity index (χ3v) is 3.69. The number of likely N-dealkylation sites (tertiary alicyclic amines) is 1. The second kappa shape index (κ2) is 4.58. The van der Waals surface area contributed by atoms with Crippen molar-refractivity contribution in [1.82, 2.24) is 10.2 Å². The third kappa shape index (κ3) is 2.26. The van der Waals surface area contributed by atoms with Gasteiger partial charge < -0.3 is 5.32 Å². The average molecular weight is 200 g/mol. The molecule has 3 unspecified atom stereocenters. The number of rotatable bonds is 1. The van der Waals surface area contributed by atoms with Gasteiger partial charge in [-0.2, -0.15) is 0 Å². The molecule has 0 saturated carbocycles. The van der Waals surface area contributed by atoms with Gasteiger partial charge in [-0.3, -0.25) is 4.90 Å². The molecule has 3 atom stereocenters. The predicted molar refractivity (Wildman–Crippen MR) is 56.1 cm³/mol. The molecule has 0 bridgehead atoms. The number of hydrogen-bond donors (Lipinski definition) is 1. The van der Waals surface area contributed by atoms with Crippen molar-refractivity contribution in [1.29, 1.82) is 0 Å². The van der Waals surface area contributed by atoms with Crippen LogP contribution in [0.25, 0.3) is 0 Å². The summed E-state index contributed by atoms with van der Waals surface area (Å²) in [5.41, 5.74) is 0. The quantitative estimate of drug-likeness (QED) is 0.688. The molecule has 0 radical (unpaired) electrons. The summed E-state index contributed by atoms with van der Waals surface area (Å²) in [6.07, 6.45) is 2.91. The molecular formula is C11H21FN2. The normalized spacial score (nSPS) is 41.1. The van der Waals surface area contributed by atoms with Crippen LogP contribution in [0.4, 0.5) is 4.39 Å². The first-order chi connectivity index (χ1) is 6.77. The molecule has 2 heterocycles. The zero-order chi connectivity index (χ0) is 9.97. The lowest BCUT2D eigenvalue weighted by molar-refractivity contribution is 0.0539. The van der Waals surface area contributed by atoms with Crippen molar-refractivity contribution in [3.8, 4) is 0 Å². The highest BCUT2D eigenvalue weighted by atomic mass is 19.1. The molecule has 2 aliphatic heterocycles. The Balaban J connectivity index is 1.85. The van der Waals surface area contributed by atoms with Gasteiger partial charge in [-0.15, -0.1) is 0 Å². The van der Waals surface area contributed by atoms with Crippen LogP contribution in [0.2, 0.25) is 0 Å².